The molecular formula is C17H22Cl2N2O. The lowest BCUT2D eigenvalue weighted by Crippen LogP contribution is -2.50. The van der Waals surface area contributed by atoms with Gasteiger partial charge in [-0.25, -0.2) is 0 Å². The van der Waals surface area contributed by atoms with Crippen molar-refractivity contribution in [3.05, 3.63) is 35.4 Å². The molecule has 0 spiro atoms. The van der Waals surface area contributed by atoms with E-state index in [1.807, 2.05) is 11.8 Å². The first kappa shape index (κ1) is 16.1. The van der Waals surface area contributed by atoms with Gasteiger partial charge in [-0.1, -0.05) is 24.3 Å². The van der Waals surface area contributed by atoms with Gasteiger partial charge >= 0.3 is 0 Å². The Labute approximate surface area is 142 Å². The molecule has 3 nitrogen and oxygen atoms in total. The summed E-state index contributed by atoms with van der Waals surface area (Å²) in [5.74, 6) is 0.105. The number of halogens is 2. The van der Waals surface area contributed by atoms with Crippen LogP contribution in [0.25, 0.3) is 0 Å². The molecule has 0 aromatic heterocycles. The van der Waals surface area contributed by atoms with Gasteiger partial charge < -0.3 is 4.90 Å². The summed E-state index contributed by atoms with van der Waals surface area (Å²) in [5, 5.41) is 0. The summed E-state index contributed by atoms with van der Waals surface area (Å²) in [6, 6.07) is 8.46. The number of carbonyl (C=O) groups excluding carboxylic acids is 1. The van der Waals surface area contributed by atoms with E-state index in [0.717, 1.165) is 32.7 Å². The van der Waals surface area contributed by atoms with Gasteiger partial charge in [-0.05, 0) is 31.4 Å². The first-order chi connectivity index (χ1) is 10.3. The fourth-order valence-electron chi connectivity index (χ4n) is 3.12. The summed E-state index contributed by atoms with van der Waals surface area (Å²) in [6.07, 6.45) is 0.561. The third-order valence-corrected chi connectivity index (χ3v) is 6.15. The zero-order chi connectivity index (χ0) is 16.0. The number of piperazine rings is 1. The molecule has 1 aromatic carbocycles. The zero-order valence-corrected chi connectivity index (χ0v) is 14.6. The molecule has 1 atom stereocenters. The van der Waals surface area contributed by atoms with E-state index in [4.69, 9.17) is 23.2 Å². The number of hydrogen-bond acceptors (Lipinski definition) is 2. The lowest BCUT2D eigenvalue weighted by molar-refractivity contribution is -0.138. The smallest absolute Gasteiger partial charge is 0.231 e. The molecule has 120 valence electrons. The van der Waals surface area contributed by atoms with E-state index >= 15 is 0 Å². The largest absolute Gasteiger partial charge is 0.340 e. The molecule has 1 amide bonds. The fourth-order valence-corrected chi connectivity index (χ4v) is 3.81. The Kier molecular flexibility index (Phi) is 4.17. The maximum Gasteiger partial charge on any atom is 0.231 e. The Hall–Kier alpha value is -0.770. The number of rotatable bonds is 3. The van der Waals surface area contributed by atoms with Crippen molar-refractivity contribution in [2.75, 3.05) is 26.2 Å². The Bertz CT molecular complexity index is 582. The molecule has 1 aromatic rings. The van der Waals surface area contributed by atoms with Crippen LogP contribution in [0.15, 0.2) is 24.3 Å². The second-order valence-electron chi connectivity index (χ2n) is 6.71. The van der Waals surface area contributed by atoms with Crippen molar-refractivity contribution in [3.8, 4) is 0 Å². The SMILES string of the molecule is Cc1ccccc1CN1CCN(C(=O)C2(C)CC2(Cl)Cl)CC1. The molecule has 5 heteroatoms. The van der Waals surface area contributed by atoms with Crippen LogP contribution in [0.3, 0.4) is 0 Å². The van der Waals surface area contributed by atoms with Gasteiger partial charge in [0.05, 0.1) is 5.41 Å². The molecule has 0 bridgehead atoms. The van der Waals surface area contributed by atoms with Crippen LogP contribution in [0.1, 0.15) is 24.5 Å². The van der Waals surface area contributed by atoms with Crippen LogP contribution in [0.5, 0.6) is 0 Å². The standard InChI is InChI=1S/C17H22Cl2N2O/c1-13-5-3-4-6-14(13)11-20-7-9-21(10-8-20)15(22)16(2)12-17(16,18)19/h3-6H,7-12H2,1-2H3. The highest BCUT2D eigenvalue weighted by atomic mass is 35.5. The van der Waals surface area contributed by atoms with Crippen molar-refractivity contribution >= 4 is 29.1 Å². The lowest BCUT2D eigenvalue weighted by atomic mass is 10.1. The fraction of sp³-hybridized carbons (Fsp3) is 0.588. The molecule has 1 unspecified atom stereocenters. The summed E-state index contributed by atoms with van der Waals surface area (Å²) in [7, 11) is 0. The molecule has 2 aliphatic rings. The lowest BCUT2D eigenvalue weighted by Gasteiger charge is -2.36. The van der Waals surface area contributed by atoms with E-state index in [1.54, 1.807) is 0 Å². The Morgan fingerprint density at radius 2 is 1.77 bits per heavy atom. The normalized spacial score (nSPS) is 27.7. The van der Waals surface area contributed by atoms with Crippen LogP contribution in [-0.4, -0.2) is 46.2 Å². The summed E-state index contributed by atoms with van der Waals surface area (Å²) in [4.78, 5) is 16.9. The molecule has 1 saturated heterocycles. The van der Waals surface area contributed by atoms with Crippen LogP contribution in [0.2, 0.25) is 0 Å². The van der Waals surface area contributed by atoms with Gasteiger partial charge in [0.25, 0.3) is 0 Å². The second-order valence-corrected chi connectivity index (χ2v) is 8.19. The van der Waals surface area contributed by atoms with Crippen LogP contribution in [0.4, 0.5) is 0 Å². The van der Waals surface area contributed by atoms with E-state index < -0.39 is 9.75 Å². The molecule has 2 fully saturated rings. The van der Waals surface area contributed by atoms with Gasteiger partial charge in [0.1, 0.15) is 4.33 Å². The Balaban J connectivity index is 1.55. The van der Waals surface area contributed by atoms with Gasteiger partial charge in [-0.2, -0.15) is 0 Å². The van der Waals surface area contributed by atoms with Gasteiger partial charge in [0.2, 0.25) is 5.91 Å². The molecule has 3 rings (SSSR count). The van der Waals surface area contributed by atoms with Crippen LogP contribution in [0, 0.1) is 12.3 Å². The predicted octanol–water partition coefficient (Wildman–Crippen LogP) is 3.22. The number of hydrogen-bond donors (Lipinski definition) is 0. The van der Waals surface area contributed by atoms with Crippen LogP contribution >= 0.6 is 23.2 Å². The van der Waals surface area contributed by atoms with E-state index in [2.05, 4.69) is 36.1 Å². The first-order valence-electron chi connectivity index (χ1n) is 7.77. The van der Waals surface area contributed by atoms with Gasteiger partial charge in [-0.15, -0.1) is 23.2 Å². The van der Waals surface area contributed by atoms with Gasteiger partial charge in [0, 0.05) is 32.7 Å². The zero-order valence-electron chi connectivity index (χ0n) is 13.1. The van der Waals surface area contributed by atoms with E-state index in [-0.39, 0.29) is 5.91 Å². The van der Waals surface area contributed by atoms with Crippen LogP contribution in [-0.2, 0) is 11.3 Å². The summed E-state index contributed by atoms with van der Waals surface area (Å²) in [5.41, 5.74) is 2.09. The van der Waals surface area contributed by atoms with Crippen molar-refractivity contribution in [3.63, 3.8) is 0 Å². The van der Waals surface area contributed by atoms with Crippen molar-refractivity contribution in [1.29, 1.82) is 0 Å². The number of amides is 1. The van der Waals surface area contributed by atoms with Gasteiger partial charge in [0.15, 0.2) is 0 Å². The highest BCUT2D eigenvalue weighted by Gasteiger charge is 2.68. The quantitative estimate of drug-likeness (QED) is 0.788. The molecular weight excluding hydrogens is 319 g/mol. The number of aryl methyl sites for hydroxylation is 1. The van der Waals surface area contributed by atoms with E-state index in [9.17, 15) is 4.79 Å². The van der Waals surface area contributed by atoms with Crippen molar-refractivity contribution in [1.82, 2.24) is 9.80 Å². The molecule has 1 aliphatic carbocycles. The first-order valence-corrected chi connectivity index (χ1v) is 8.53. The predicted molar refractivity (Wildman–Crippen MR) is 90.2 cm³/mol. The summed E-state index contributed by atoms with van der Waals surface area (Å²) >= 11 is 12.2. The van der Waals surface area contributed by atoms with Gasteiger partial charge in [-0.3, -0.25) is 9.69 Å². The number of alkyl halides is 2. The van der Waals surface area contributed by atoms with E-state index in [1.165, 1.54) is 11.1 Å². The molecule has 1 aliphatic heterocycles. The minimum atomic E-state index is -0.873. The maximum atomic E-state index is 12.6. The average Bonchev–Trinajstić information content (AvgIpc) is 3.01. The highest BCUT2D eigenvalue weighted by Crippen LogP contribution is 2.64. The Morgan fingerprint density at radius 3 is 2.32 bits per heavy atom. The Morgan fingerprint density at radius 1 is 1.18 bits per heavy atom. The van der Waals surface area contributed by atoms with Crippen molar-refractivity contribution < 1.29 is 4.79 Å². The molecule has 22 heavy (non-hydrogen) atoms. The number of carbonyl (C=O) groups is 1. The van der Waals surface area contributed by atoms with Crippen molar-refractivity contribution in [2.45, 2.75) is 31.1 Å². The summed E-state index contributed by atoms with van der Waals surface area (Å²) in [6.45, 7) is 8.26. The maximum absolute atomic E-state index is 12.6. The highest BCUT2D eigenvalue weighted by molar-refractivity contribution is 6.53. The number of nitrogens with zero attached hydrogens (tertiary/aromatic N) is 2. The molecule has 1 saturated carbocycles. The minimum absolute atomic E-state index is 0.105. The topological polar surface area (TPSA) is 23.6 Å². The molecule has 1 heterocycles. The average molecular weight is 341 g/mol. The summed E-state index contributed by atoms with van der Waals surface area (Å²) < 4.78 is -0.873. The van der Waals surface area contributed by atoms with Crippen molar-refractivity contribution in [2.24, 2.45) is 5.41 Å². The third kappa shape index (κ3) is 2.86. The number of benzene rings is 1. The van der Waals surface area contributed by atoms with E-state index in [0.29, 0.717) is 6.42 Å². The molecule has 0 N–H and O–H groups in total. The monoisotopic (exact) mass is 340 g/mol. The minimum Gasteiger partial charge on any atom is -0.340 e. The molecule has 0 radical (unpaired) electrons. The van der Waals surface area contributed by atoms with Crippen LogP contribution < -0.4 is 0 Å². The third-order valence-electron chi connectivity index (χ3n) is 5.04. The second kappa shape index (κ2) is 5.70.